The molecule has 1 atom stereocenters. The van der Waals surface area contributed by atoms with E-state index in [0.29, 0.717) is 0 Å². The van der Waals surface area contributed by atoms with Crippen LogP contribution in [0.3, 0.4) is 0 Å². The predicted octanol–water partition coefficient (Wildman–Crippen LogP) is -1.60. The maximum Gasteiger partial charge on any atom is 0.238 e. The van der Waals surface area contributed by atoms with Crippen molar-refractivity contribution >= 4 is 11.8 Å². The van der Waals surface area contributed by atoms with Crippen molar-refractivity contribution in [2.75, 3.05) is 19.6 Å². The second-order valence-corrected chi connectivity index (χ2v) is 4.54. The van der Waals surface area contributed by atoms with Crippen molar-refractivity contribution in [3.05, 3.63) is 0 Å². The molecule has 0 aromatic carbocycles. The second kappa shape index (κ2) is 6.99. The number of hydrogen-bond acceptors (Lipinski definition) is 4. The van der Waals surface area contributed by atoms with E-state index in [1.807, 2.05) is 4.90 Å². The summed E-state index contributed by atoms with van der Waals surface area (Å²) in [4.78, 5) is 24.4. The molecule has 1 unspecified atom stereocenters. The molecule has 1 heterocycles. The smallest absolute Gasteiger partial charge is 0.238 e. The number of carbonyl (C=O) groups excluding carboxylic acids is 2. The number of rotatable bonds is 5. The van der Waals surface area contributed by atoms with E-state index in [1.54, 1.807) is 0 Å². The largest absolute Gasteiger partial charge is 0.369 e. The highest BCUT2D eigenvalue weighted by Crippen LogP contribution is 2.09. The summed E-state index contributed by atoms with van der Waals surface area (Å²) in [5.41, 5.74) is 10.7. The van der Waals surface area contributed by atoms with Crippen molar-refractivity contribution in [3.8, 4) is 12.3 Å². The van der Waals surface area contributed by atoms with E-state index in [0.717, 1.165) is 25.9 Å². The zero-order valence-corrected chi connectivity index (χ0v) is 10.4. The molecule has 5 N–H and O–H groups in total. The van der Waals surface area contributed by atoms with Crippen molar-refractivity contribution in [2.24, 2.45) is 11.5 Å². The Morgan fingerprint density at radius 1 is 1.44 bits per heavy atom. The van der Waals surface area contributed by atoms with Crippen LogP contribution in [0.25, 0.3) is 0 Å². The molecule has 1 aliphatic rings. The summed E-state index contributed by atoms with van der Waals surface area (Å²) in [5, 5.41) is 2.87. The number of carbonyl (C=O) groups is 2. The Hall–Kier alpha value is -1.58. The standard InChI is InChI=1S/C12H20N4O2/c1-2-3-10(13)12(18)15-9-4-6-16(7-5-9)8-11(14)17/h1,9-10H,3-8,13H2,(H2,14,17)(H,15,18). The molecule has 0 aliphatic carbocycles. The molecule has 2 amide bonds. The first-order chi connectivity index (χ1) is 8.52. The van der Waals surface area contributed by atoms with E-state index < -0.39 is 6.04 Å². The molecule has 100 valence electrons. The molecule has 0 radical (unpaired) electrons. The zero-order chi connectivity index (χ0) is 13.5. The van der Waals surface area contributed by atoms with Gasteiger partial charge in [0.15, 0.2) is 0 Å². The van der Waals surface area contributed by atoms with Gasteiger partial charge in [-0.2, -0.15) is 0 Å². The molecule has 0 aromatic rings. The number of nitrogens with one attached hydrogen (secondary N) is 1. The molecule has 0 spiro atoms. The van der Waals surface area contributed by atoms with Gasteiger partial charge < -0.3 is 16.8 Å². The number of nitrogens with zero attached hydrogens (tertiary/aromatic N) is 1. The minimum Gasteiger partial charge on any atom is -0.369 e. The van der Waals surface area contributed by atoms with Gasteiger partial charge in [0.25, 0.3) is 0 Å². The van der Waals surface area contributed by atoms with Gasteiger partial charge in [-0.3, -0.25) is 14.5 Å². The van der Waals surface area contributed by atoms with Gasteiger partial charge in [0.1, 0.15) is 0 Å². The normalized spacial score (nSPS) is 18.9. The molecule has 6 heteroatoms. The Labute approximate surface area is 107 Å². The third-order valence-corrected chi connectivity index (χ3v) is 2.99. The summed E-state index contributed by atoms with van der Waals surface area (Å²) in [6.07, 6.45) is 6.93. The summed E-state index contributed by atoms with van der Waals surface area (Å²) in [7, 11) is 0. The fourth-order valence-corrected chi connectivity index (χ4v) is 1.98. The zero-order valence-electron chi connectivity index (χ0n) is 10.4. The van der Waals surface area contributed by atoms with E-state index in [1.165, 1.54) is 0 Å². The fraction of sp³-hybridized carbons (Fsp3) is 0.667. The Balaban J connectivity index is 2.29. The van der Waals surface area contributed by atoms with Crippen molar-refractivity contribution in [3.63, 3.8) is 0 Å². The van der Waals surface area contributed by atoms with E-state index >= 15 is 0 Å². The molecule has 1 rings (SSSR count). The summed E-state index contributed by atoms with van der Waals surface area (Å²) in [5.74, 6) is 1.84. The van der Waals surface area contributed by atoms with Gasteiger partial charge >= 0.3 is 0 Å². The SMILES string of the molecule is C#CCC(N)C(=O)NC1CCN(CC(N)=O)CC1. The number of amides is 2. The molecule has 1 aliphatic heterocycles. The van der Waals surface area contributed by atoms with E-state index in [2.05, 4.69) is 11.2 Å². The monoisotopic (exact) mass is 252 g/mol. The van der Waals surface area contributed by atoms with Crippen LogP contribution in [0.5, 0.6) is 0 Å². The van der Waals surface area contributed by atoms with Gasteiger partial charge in [-0.25, -0.2) is 0 Å². The number of terminal acetylenes is 1. The third kappa shape index (κ3) is 4.73. The molecule has 1 saturated heterocycles. The van der Waals surface area contributed by atoms with Crippen molar-refractivity contribution in [2.45, 2.75) is 31.3 Å². The Morgan fingerprint density at radius 2 is 2.06 bits per heavy atom. The molecular weight excluding hydrogens is 232 g/mol. The lowest BCUT2D eigenvalue weighted by atomic mass is 10.0. The Kier molecular flexibility index (Phi) is 5.62. The van der Waals surface area contributed by atoms with E-state index in [4.69, 9.17) is 17.9 Å². The average molecular weight is 252 g/mol. The summed E-state index contributed by atoms with van der Waals surface area (Å²) < 4.78 is 0. The topological polar surface area (TPSA) is 101 Å². The van der Waals surface area contributed by atoms with Crippen LogP contribution in [0.1, 0.15) is 19.3 Å². The number of primary amides is 1. The molecule has 1 fully saturated rings. The van der Waals surface area contributed by atoms with Crippen LogP contribution in [-0.2, 0) is 9.59 Å². The second-order valence-electron chi connectivity index (χ2n) is 4.54. The van der Waals surface area contributed by atoms with Gasteiger partial charge in [0.05, 0.1) is 12.6 Å². The highest BCUT2D eigenvalue weighted by Gasteiger charge is 2.23. The van der Waals surface area contributed by atoms with Gasteiger partial charge in [-0.1, -0.05) is 0 Å². The van der Waals surface area contributed by atoms with Crippen LogP contribution in [0.4, 0.5) is 0 Å². The summed E-state index contributed by atoms with van der Waals surface area (Å²) >= 11 is 0. The fourth-order valence-electron chi connectivity index (χ4n) is 1.98. The van der Waals surface area contributed by atoms with Crippen LogP contribution in [0.15, 0.2) is 0 Å². The molecule has 18 heavy (non-hydrogen) atoms. The summed E-state index contributed by atoms with van der Waals surface area (Å²) in [6, 6.07) is -0.538. The number of piperidine rings is 1. The van der Waals surface area contributed by atoms with Gasteiger partial charge in [-0.15, -0.1) is 12.3 Å². The van der Waals surface area contributed by atoms with Crippen LogP contribution >= 0.6 is 0 Å². The maximum absolute atomic E-state index is 11.6. The van der Waals surface area contributed by atoms with Crippen molar-refractivity contribution in [1.29, 1.82) is 0 Å². The van der Waals surface area contributed by atoms with Crippen LogP contribution in [0, 0.1) is 12.3 Å². The molecular formula is C12H20N4O2. The van der Waals surface area contributed by atoms with Gasteiger partial charge in [0.2, 0.25) is 11.8 Å². The molecule has 0 bridgehead atoms. The highest BCUT2D eigenvalue weighted by atomic mass is 16.2. The van der Waals surface area contributed by atoms with Gasteiger partial charge in [0, 0.05) is 25.6 Å². The van der Waals surface area contributed by atoms with E-state index in [9.17, 15) is 9.59 Å². The maximum atomic E-state index is 11.6. The predicted molar refractivity (Wildman–Crippen MR) is 68.2 cm³/mol. The lowest BCUT2D eigenvalue weighted by molar-refractivity contribution is -0.124. The lowest BCUT2D eigenvalue weighted by Gasteiger charge is -2.31. The first-order valence-corrected chi connectivity index (χ1v) is 6.03. The number of likely N-dealkylation sites (tertiary alicyclic amines) is 1. The number of hydrogen-bond donors (Lipinski definition) is 3. The lowest BCUT2D eigenvalue weighted by Crippen LogP contribution is -2.50. The number of nitrogens with two attached hydrogens (primary N) is 2. The molecule has 6 nitrogen and oxygen atoms in total. The van der Waals surface area contributed by atoms with Crippen LogP contribution in [0.2, 0.25) is 0 Å². The molecule has 0 saturated carbocycles. The van der Waals surface area contributed by atoms with Crippen molar-refractivity contribution < 1.29 is 9.59 Å². The average Bonchev–Trinajstić information content (AvgIpc) is 2.31. The van der Waals surface area contributed by atoms with Gasteiger partial charge in [-0.05, 0) is 12.8 Å². The quantitative estimate of drug-likeness (QED) is 0.513. The Morgan fingerprint density at radius 3 is 2.56 bits per heavy atom. The first kappa shape index (κ1) is 14.5. The molecule has 0 aromatic heterocycles. The minimum atomic E-state index is -0.640. The first-order valence-electron chi connectivity index (χ1n) is 6.03. The highest BCUT2D eigenvalue weighted by molar-refractivity contribution is 5.82. The minimum absolute atomic E-state index is 0.102. The Bertz CT molecular complexity index is 342. The van der Waals surface area contributed by atoms with Crippen LogP contribution in [-0.4, -0.2) is 48.4 Å². The third-order valence-electron chi connectivity index (χ3n) is 2.99. The van der Waals surface area contributed by atoms with Crippen LogP contribution < -0.4 is 16.8 Å². The van der Waals surface area contributed by atoms with Crippen molar-refractivity contribution in [1.82, 2.24) is 10.2 Å². The summed E-state index contributed by atoms with van der Waals surface area (Å²) in [6.45, 7) is 1.77. The van der Waals surface area contributed by atoms with E-state index in [-0.39, 0.29) is 30.8 Å².